The summed E-state index contributed by atoms with van der Waals surface area (Å²) in [6.07, 6.45) is 3.50. The Kier molecular flexibility index (Phi) is 3.25. The van der Waals surface area contributed by atoms with Crippen LogP contribution in [0.5, 0.6) is 0 Å². The molecule has 78 valence electrons. The Balaban J connectivity index is 2.79. The van der Waals surface area contributed by atoms with Crippen molar-refractivity contribution in [1.82, 2.24) is 0 Å². The van der Waals surface area contributed by atoms with Crippen molar-refractivity contribution in [2.75, 3.05) is 0 Å². The van der Waals surface area contributed by atoms with Crippen molar-refractivity contribution in [2.24, 2.45) is 5.41 Å². The lowest BCUT2D eigenvalue weighted by Gasteiger charge is -2.33. The summed E-state index contributed by atoms with van der Waals surface area (Å²) in [7, 11) is 0. The van der Waals surface area contributed by atoms with E-state index in [9.17, 15) is 9.59 Å². The second-order valence-electron chi connectivity index (χ2n) is 4.59. The van der Waals surface area contributed by atoms with E-state index in [0.717, 1.165) is 19.3 Å². The van der Waals surface area contributed by atoms with Crippen LogP contribution in [0.15, 0.2) is 11.1 Å². The number of Topliss-reactive ketones (excluding diaryl/α,β-unsaturated/α-hetero) is 1. The molecule has 0 aliphatic heterocycles. The molecule has 0 radical (unpaired) electrons. The van der Waals surface area contributed by atoms with E-state index >= 15 is 0 Å². The van der Waals surface area contributed by atoms with Gasteiger partial charge in [-0.25, -0.2) is 0 Å². The highest BCUT2D eigenvalue weighted by Gasteiger charge is 2.34. The lowest BCUT2D eigenvalue weighted by Crippen LogP contribution is -2.31. The van der Waals surface area contributed by atoms with Gasteiger partial charge in [0.05, 0.1) is 6.42 Å². The zero-order valence-corrected chi connectivity index (χ0v) is 9.22. The minimum Gasteiger partial charge on any atom is -0.303 e. The van der Waals surface area contributed by atoms with Crippen LogP contribution in [0.2, 0.25) is 0 Å². The summed E-state index contributed by atoms with van der Waals surface area (Å²) in [5, 5.41) is 0. The minimum absolute atomic E-state index is 0.0722. The predicted octanol–water partition coefficient (Wildman–Crippen LogP) is 2.67. The van der Waals surface area contributed by atoms with Gasteiger partial charge < -0.3 is 4.79 Å². The number of hydrogen-bond acceptors (Lipinski definition) is 2. The molecule has 14 heavy (non-hydrogen) atoms. The number of aldehydes is 1. The van der Waals surface area contributed by atoms with Crippen LogP contribution < -0.4 is 0 Å². The number of rotatable bonds is 3. The Labute approximate surface area is 85.4 Å². The fraction of sp³-hybridized carbons (Fsp3) is 0.667. The van der Waals surface area contributed by atoms with Crippen LogP contribution in [-0.4, -0.2) is 12.1 Å². The maximum absolute atomic E-state index is 11.7. The van der Waals surface area contributed by atoms with Crippen LogP contribution in [0.1, 0.15) is 46.5 Å². The highest BCUT2D eigenvalue weighted by atomic mass is 16.1. The molecule has 0 aromatic rings. The first-order valence-electron chi connectivity index (χ1n) is 5.12. The van der Waals surface area contributed by atoms with Gasteiger partial charge in [0.15, 0.2) is 0 Å². The van der Waals surface area contributed by atoms with Crippen LogP contribution in [0, 0.1) is 5.41 Å². The average Bonchev–Trinajstić information content (AvgIpc) is 2.13. The predicted molar refractivity (Wildman–Crippen MR) is 56.0 cm³/mol. The van der Waals surface area contributed by atoms with Crippen LogP contribution in [0.25, 0.3) is 0 Å². The molecule has 0 aromatic heterocycles. The molecule has 0 N–H and O–H groups in total. The minimum atomic E-state index is -0.287. The lowest BCUT2D eigenvalue weighted by atomic mass is 9.70. The quantitative estimate of drug-likeness (QED) is 0.393. The molecule has 1 aliphatic carbocycles. The van der Waals surface area contributed by atoms with E-state index in [1.165, 1.54) is 11.1 Å². The molecule has 0 amide bonds. The van der Waals surface area contributed by atoms with Gasteiger partial charge in [0, 0.05) is 5.41 Å². The maximum atomic E-state index is 11.7. The van der Waals surface area contributed by atoms with Crippen LogP contribution in [-0.2, 0) is 9.59 Å². The molecule has 0 saturated carbocycles. The first-order valence-corrected chi connectivity index (χ1v) is 5.12. The fourth-order valence-corrected chi connectivity index (χ4v) is 2.06. The Bertz CT molecular complexity index is 289. The van der Waals surface area contributed by atoms with E-state index in [-0.39, 0.29) is 17.6 Å². The SMILES string of the molecule is CC1=C(C)CC(C)(C(=O)CC=O)CC1. The van der Waals surface area contributed by atoms with E-state index in [1.807, 2.05) is 6.92 Å². The van der Waals surface area contributed by atoms with E-state index in [2.05, 4.69) is 13.8 Å². The third-order valence-electron chi connectivity index (χ3n) is 3.38. The number of allylic oxidation sites excluding steroid dienone is 2. The largest absolute Gasteiger partial charge is 0.303 e. The Morgan fingerprint density at radius 2 is 2.07 bits per heavy atom. The van der Waals surface area contributed by atoms with Gasteiger partial charge in [0.1, 0.15) is 12.1 Å². The van der Waals surface area contributed by atoms with Crippen LogP contribution in [0.3, 0.4) is 0 Å². The molecule has 0 aromatic carbocycles. The molecule has 2 heteroatoms. The van der Waals surface area contributed by atoms with E-state index < -0.39 is 0 Å². The van der Waals surface area contributed by atoms with Gasteiger partial charge in [-0.05, 0) is 33.1 Å². The van der Waals surface area contributed by atoms with E-state index in [0.29, 0.717) is 6.29 Å². The Morgan fingerprint density at radius 3 is 2.57 bits per heavy atom. The topological polar surface area (TPSA) is 34.1 Å². The van der Waals surface area contributed by atoms with Crippen molar-refractivity contribution in [1.29, 1.82) is 0 Å². The normalized spacial score (nSPS) is 27.6. The van der Waals surface area contributed by atoms with Gasteiger partial charge in [-0.2, -0.15) is 0 Å². The van der Waals surface area contributed by atoms with Gasteiger partial charge in [0.25, 0.3) is 0 Å². The Hall–Kier alpha value is -0.920. The van der Waals surface area contributed by atoms with E-state index in [1.54, 1.807) is 0 Å². The number of ketones is 1. The maximum Gasteiger partial charge on any atom is 0.146 e. The zero-order chi connectivity index (χ0) is 10.8. The molecular formula is C12H18O2. The standard InChI is InChI=1S/C12H18O2/c1-9-4-6-12(3,8-10(9)2)11(14)5-7-13/h7H,4-6,8H2,1-3H3. The summed E-state index contributed by atoms with van der Waals surface area (Å²) in [6, 6.07) is 0. The van der Waals surface area contributed by atoms with Crippen LogP contribution in [0.4, 0.5) is 0 Å². The summed E-state index contributed by atoms with van der Waals surface area (Å²) < 4.78 is 0. The average molecular weight is 194 g/mol. The van der Waals surface area contributed by atoms with Crippen molar-refractivity contribution in [3.05, 3.63) is 11.1 Å². The third kappa shape index (κ3) is 2.11. The van der Waals surface area contributed by atoms with Gasteiger partial charge >= 0.3 is 0 Å². The lowest BCUT2D eigenvalue weighted by molar-refractivity contribution is -0.130. The summed E-state index contributed by atoms with van der Waals surface area (Å²) >= 11 is 0. The summed E-state index contributed by atoms with van der Waals surface area (Å²) in [6.45, 7) is 6.19. The molecule has 1 rings (SSSR count). The second-order valence-corrected chi connectivity index (χ2v) is 4.59. The number of hydrogen-bond donors (Lipinski definition) is 0. The van der Waals surface area contributed by atoms with Crippen molar-refractivity contribution >= 4 is 12.1 Å². The first-order chi connectivity index (χ1) is 6.49. The van der Waals surface area contributed by atoms with Crippen molar-refractivity contribution in [2.45, 2.75) is 46.5 Å². The van der Waals surface area contributed by atoms with Crippen molar-refractivity contribution < 1.29 is 9.59 Å². The summed E-state index contributed by atoms with van der Waals surface area (Å²) in [5.41, 5.74) is 2.43. The second kappa shape index (κ2) is 4.07. The van der Waals surface area contributed by atoms with Gasteiger partial charge in [-0.15, -0.1) is 0 Å². The number of carbonyl (C=O) groups excluding carboxylic acids is 2. The molecule has 0 fully saturated rings. The van der Waals surface area contributed by atoms with E-state index in [4.69, 9.17) is 0 Å². The third-order valence-corrected chi connectivity index (χ3v) is 3.38. The zero-order valence-electron chi connectivity index (χ0n) is 9.22. The highest BCUT2D eigenvalue weighted by Crippen LogP contribution is 2.39. The fourth-order valence-electron chi connectivity index (χ4n) is 2.06. The molecular weight excluding hydrogens is 176 g/mol. The van der Waals surface area contributed by atoms with Gasteiger partial charge in [-0.1, -0.05) is 18.1 Å². The molecule has 2 nitrogen and oxygen atoms in total. The first kappa shape index (κ1) is 11.2. The highest BCUT2D eigenvalue weighted by molar-refractivity contribution is 5.94. The summed E-state index contributed by atoms with van der Waals surface area (Å²) in [5.74, 6) is 0.0966. The van der Waals surface area contributed by atoms with Crippen molar-refractivity contribution in [3.63, 3.8) is 0 Å². The van der Waals surface area contributed by atoms with Gasteiger partial charge in [-0.3, -0.25) is 4.79 Å². The molecule has 0 spiro atoms. The van der Waals surface area contributed by atoms with Crippen LogP contribution >= 0.6 is 0 Å². The van der Waals surface area contributed by atoms with Crippen molar-refractivity contribution in [3.8, 4) is 0 Å². The molecule has 1 unspecified atom stereocenters. The smallest absolute Gasteiger partial charge is 0.146 e. The number of carbonyl (C=O) groups is 2. The molecule has 0 heterocycles. The van der Waals surface area contributed by atoms with Gasteiger partial charge in [0.2, 0.25) is 0 Å². The molecule has 1 aliphatic rings. The summed E-state index contributed by atoms with van der Waals surface area (Å²) in [4.78, 5) is 22.0. The Morgan fingerprint density at radius 1 is 1.43 bits per heavy atom. The molecule has 1 atom stereocenters. The molecule has 0 saturated heterocycles. The molecule has 0 bridgehead atoms. The monoisotopic (exact) mass is 194 g/mol.